The van der Waals surface area contributed by atoms with Crippen molar-refractivity contribution in [2.75, 3.05) is 52.4 Å². The minimum absolute atomic E-state index is 0.292. The molecular weight excluding hydrogens is 668 g/mol. The topological polar surface area (TPSA) is 182 Å². The number of ether oxygens (including phenoxy) is 2. The first-order valence-corrected chi connectivity index (χ1v) is 17.9. The van der Waals surface area contributed by atoms with Crippen LogP contribution in [0, 0.1) is 0 Å². The van der Waals surface area contributed by atoms with Gasteiger partial charge in [-0.2, -0.15) is 0 Å². The smallest absolute Gasteiger partial charge is 0.408 e. The van der Waals surface area contributed by atoms with E-state index in [-0.39, 0.29) is 13.1 Å². The van der Waals surface area contributed by atoms with Crippen LogP contribution in [0.4, 0.5) is 9.59 Å². The molecule has 4 amide bonds. The Labute approximate surface area is 307 Å². The summed E-state index contributed by atoms with van der Waals surface area (Å²) in [5.41, 5.74) is 0.500. The standard InChI is InChI=1S/C38H58N6O8/c1-37(2,3)51-35(49)39-23-33(47)41-29(21-27-13-9-7-10-14-27)31(45)25-43-17-19-44(20-18-43)26-32(46)30(22-28-15-11-8-12-16-28)42-34(48)24-40-36(50)52-38(4,5)6/h7-16,29-32,45-46H,17-26H2,1-6H3,(H,39,49)(H,40,50)(H,41,47)(H,42,48)/t29-,30+,31+,32-. The van der Waals surface area contributed by atoms with Crippen molar-refractivity contribution in [1.29, 1.82) is 0 Å². The number of hydrogen-bond acceptors (Lipinski definition) is 10. The van der Waals surface area contributed by atoms with Gasteiger partial charge in [0.2, 0.25) is 11.8 Å². The van der Waals surface area contributed by atoms with E-state index in [1.807, 2.05) is 60.7 Å². The van der Waals surface area contributed by atoms with Crippen molar-refractivity contribution < 1.29 is 38.9 Å². The van der Waals surface area contributed by atoms with E-state index < -0.39 is 59.5 Å². The molecule has 52 heavy (non-hydrogen) atoms. The molecule has 4 atom stereocenters. The highest BCUT2D eigenvalue weighted by atomic mass is 16.6. The molecule has 0 saturated carbocycles. The maximum Gasteiger partial charge on any atom is 0.408 e. The van der Waals surface area contributed by atoms with Crippen LogP contribution in [0.5, 0.6) is 0 Å². The molecule has 1 aliphatic rings. The normalized spacial score (nSPS) is 16.5. The first kappa shape index (κ1) is 42.2. The molecular formula is C38H58N6O8. The van der Waals surface area contributed by atoms with Crippen LogP contribution in [0.25, 0.3) is 0 Å². The van der Waals surface area contributed by atoms with Crippen molar-refractivity contribution >= 4 is 24.0 Å². The molecule has 0 unspecified atom stereocenters. The maximum absolute atomic E-state index is 12.8. The van der Waals surface area contributed by atoms with E-state index in [9.17, 15) is 29.4 Å². The van der Waals surface area contributed by atoms with Gasteiger partial charge >= 0.3 is 12.2 Å². The molecule has 1 aliphatic heterocycles. The maximum atomic E-state index is 12.8. The highest BCUT2D eigenvalue weighted by Gasteiger charge is 2.29. The predicted molar refractivity (Wildman–Crippen MR) is 198 cm³/mol. The molecule has 0 radical (unpaired) electrons. The molecule has 1 fully saturated rings. The number of carbonyl (C=O) groups excluding carboxylic acids is 4. The van der Waals surface area contributed by atoms with Crippen LogP contribution in [-0.2, 0) is 31.9 Å². The molecule has 14 heteroatoms. The minimum Gasteiger partial charge on any atom is -0.444 e. The fraction of sp³-hybridized carbons (Fsp3) is 0.579. The number of alkyl carbamates (subject to hydrolysis) is 2. The molecule has 1 heterocycles. The van der Waals surface area contributed by atoms with Crippen molar-refractivity contribution in [3.63, 3.8) is 0 Å². The number of carbonyl (C=O) groups is 4. The Kier molecular flexibility index (Phi) is 16.3. The van der Waals surface area contributed by atoms with Gasteiger partial charge in [0.05, 0.1) is 24.3 Å². The highest BCUT2D eigenvalue weighted by molar-refractivity contribution is 5.83. The largest absolute Gasteiger partial charge is 0.444 e. The van der Waals surface area contributed by atoms with Crippen LogP contribution in [0.1, 0.15) is 52.7 Å². The first-order valence-electron chi connectivity index (χ1n) is 17.9. The average molecular weight is 727 g/mol. The van der Waals surface area contributed by atoms with Gasteiger partial charge in [0.1, 0.15) is 24.3 Å². The monoisotopic (exact) mass is 726 g/mol. The Morgan fingerprint density at radius 2 is 0.942 bits per heavy atom. The van der Waals surface area contributed by atoms with Crippen LogP contribution < -0.4 is 21.3 Å². The molecule has 3 rings (SSSR count). The summed E-state index contributed by atoms with van der Waals surface area (Å²) >= 11 is 0. The van der Waals surface area contributed by atoms with Gasteiger partial charge in [0, 0.05) is 39.3 Å². The third kappa shape index (κ3) is 16.9. The Morgan fingerprint density at radius 3 is 1.25 bits per heavy atom. The summed E-state index contributed by atoms with van der Waals surface area (Å²) in [6, 6.07) is 17.9. The number of rotatable bonds is 16. The lowest BCUT2D eigenvalue weighted by Gasteiger charge is -2.38. The third-order valence-corrected chi connectivity index (χ3v) is 8.16. The van der Waals surface area contributed by atoms with E-state index in [4.69, 9.17) is 9.47 Å². The van der Waals surface area contributed by atoms with E-state index >= 15 is 0 Å². The second-order valence-electron chi connectivity index (χ2n) is 15.2. The van der Waals surface area contributed by atoms with Crippen molar-refractivity contribution in [2.45, 2.75) is 89.9 Å². The van der Waals surface area contributed by atoms with Crippen LogP contribution in [0.15, 0.2) is 60.7 Å². The molecule has 0 aliphatic carbocycles. The zero-order valence-corrected chi connectivity index (χ0v) is 31.4. The minimum atomic E-state index is -0.900. The van der Waals surface area contributed by atoms with Crippen LogP contribution in [-0.4, -0.2) is 132 Å². The average Bonchev–Trinajstić information content (AvgIpc) is 3.06. The van der Waals surface area contributed by atoms with Crippen molar-refractivity contribution in [1.82, 2.24) is 31.1 Å². The highest BCUT2D eigenvalue weighted by Crippen LogP contribution is 2.13. The fourth-order valence-electron chi connectivity index (χ4n) is 5.69. The first-order chi connectivity index (χ1) is 24.5. The second-order valence-corrected chi connectivity index (χ2v) is 15.2. The van der Waals surface area contributed by atoms with Gasteiger partial charge in [0.15, 0.2) is 0 Å². The van der Waals surface area contributed by atoms with Gasteiger partial charge in [-0.15, -0.1) is 0 Å². The number of β-amino-alcohol motifs (C(OH)–C–C–N with tert-alkyl or cyclic N) is 2. The van der Waals surface area contributed by atoms with Crippen molar-refractivity contribution in [3.05, 3.63) is 71.8 Å². The molecule has 1 saturated heterocycles. The summed E-state index contributed by atoms with van der Waals surface area (Å²) in [5.74, 6) is -0.884. The second kappa shape index (κ2) is 20.1. The Hall–Kier alpha value is -4.24. The van der Waals surface area contributed by atoms with Crippen LogP contribution >= 0.6 is 0 Å². The summed E-state index contributed by atoms with van der Waals surface area (Å²) in [6.07, 6.45) is -2.41. The SMILES string of the molecule is CC(C)(C)OC(=O)NCC(=O)N[C@@H](Cc1ccccc1)[C@H](O)CN1CCN(C[C@H](O)[C@@H](Cc2ccccc2)NC(=O)CNC(=O)OC(C)(C)C)CC1. The number of amides is 4. The Bertz CT molecular complexity index is 1300. The van der Waals surface area contributed by atoms with Gasteiger partial charge in [-0.05, 0) is 65.5 Å². The number of nitrogens with one attached hydrogen (secondary N) is 4. The Balaban J connectivity index is 1.54. The lowest BCUT2D eigenvalue weighted by Crippen LogP contribution is -2.56. The molecule has 14 nitrogen and oxygen atoms in total. The van der Waals surface area contributed by atoms with Crippen LogP contribution in [0.3, 0.4) is 0 Å². The molecule has 0 bridgehead atoms. The zero-order valence-electron chi connectivity index (χ0n) is 31.4. The Morgan fingerprint density at radius 1 is 0.615 bits per heavy atom. The molecule has 6 N–H and O–H groups in total. The molecule has 288 valence electrons. The molecule has 2 aromatic carbocycles. The summed E-state index contributed by atoms with van der Waals surface area (Å²) in [6.45, 7) is 12.9. The summed E-state index contributed by atoms with van der Waals surface area (Å²) in [4.78, 5) is 54.0. The van der Waals surface area contributed by atoms with Gasteiger partial charge in [-0.3, -0.25) is 19.4 Å². The predicted octanol–water partition coefficient (Wildman–Crippen LogP) is 1.83. The molecule has 2 aromatic rings. The van der Waals surface area contributed by atoms with E-state index in [1.165, 1.54) is 0 Å². The van der Waals surface area contributed by atoms with E-state index in [0.29, 0.717) is 52.1 Å². The molecule has 0 aromatic heterocycles. The number of piperazine rings is 1. The van der Waals surface area contributed by atoms with E-state index in [2.05, 4.69) is 31.1 Å². The number of hydrogen-bond donors (Lipinski definition) is 6. The lowest BCUT2D eigenvalue weighted by molar-refractivity contribution is -0.122. The number of aliphatic hydroxyl groups excluding tert-OH is 2. The number of benzene rings is 2. The van der Waals surface area contributed by atoms with Crippen molar-refractivity contribution in [2.24, 2.45) is 0 Å². The summed E-state index contributed by atoms with van der Waals surface area (Å²) < 4.78 is 10.4. The molecule has 0 spiro atoms. The zero-order chi connectivity index (χ0) is 38.3. The van der Waals surface area contributed by atoms with Gasteiger partial charge in [-0.1, -0.05) is 60.7 Å². The van der Waals surface area contributed by atoms with Crippen LogP contribution in [0.2, 0.25) is 0 Å². The lowest BCUT2D eigenvalue weighted by atomic mass is 10.00. The van der Waals surface area contributed by atoms with Gasteiger partial charge in [0.25, 0.3) is 0 Å². The summed E-state index contributed by atoms with van der Waals surface area (Å²) in [7, 11) is 0. The van der Waals surface area contributed by atoms with E-state index in [1.54, 1.807) is 41.5 Å². The quantitative estimate of drug-likeness (QED) is 0.149. The van der Waals surface area contributed by atoms with Gasteiger partial charge < -0.3 is 41.0 Å². The van der Waals surface area contributed by atoms with Crippen molar-refractivity contribution in [3.8, 4) is 0 Å². The summed E-state index contributed by atoms with van der Waals surface area (Å²) in [5, 5.41) is 33.4. The number of nitrogens with zero attached hydrogens (tertiary/aromatic N) is 2. The van der Waals surface area contributed by atoms with Gasteiger partial charge in [-0.25, -0.2) is 9.59 Å². The number of aliphatic hydroxyl groups is 2. The third-order valence-electron chi connectivity index (χ3n) is 8.16. The van der Waals surface area contributed by atoms with E-state index in [0.717, 1.165) is 11.1 Å². The fourth-order valence-corrected chi connectivity index (χ4v) is 5.69.